The molecule has 0 aliphatic carbocycles. The normalized spacial score (nSPS) is 25.0. The molecule has 7 nitrogen and oxygen atoms in total. The Morgan fingerprint density at radius 3 is 2.92 bits per heavy atom. The second-order valence-corrected chi connectivity index (χ2v) is 8.98. The number of sulfonamides is 1. The Balaban J connectivity index is 1.59. The fourth-order valence-corrected chi connectivity index (χ4v) is 5.15. The third-order valence-electron chi connectivity index (χ3n) is 4.74. The second kappa shape index (κ2) is 7.99. The molecule has 2 saturated heterocycles. The number of aromatic nitrogens is 1. The Labute approximate surface area is 153 Å². The van der Waals surface area contributed by atoms with Gasteiger partial charge in [0, 0.05) is 32.0 Å². The van der Waals surface area contributed by atoms with E-state index in [-0.39, 0.29) is 22.8 Å². The van der Waals surface area contributed by atoms with E-state index in [1.165, 1.54) is 22.8 Å². The van der Waals surface area contributed by atoms with Gasteiger partial charge in [-0.25, -0.2) is 8.42 Å². The third kappa shape index (κ3) is 4.49. The first-order valence-corrected chi connectivity index (χ1v) is 10.4. The van der Waals surface area contributed by atoms with E-state index in [0.717, 1.165) is 32.2 Å². The number of piperidine rings is 1. The SMILES string of the molecule is O=C(NCC1CCCN(S(=O)(=O)c2cncc(Cl)c2)C1)C1CCCN1. The van der Waals surface area contributed by atoms with Gasteiger partial charge in [-0.1, -0.05) is 11.6 Å². The zero-order valence-electron chi connectivity index (χ0n) is 13.9. The Morgan fingerprint density at radius 2 is 2.20 bits per heavy atom. The molecule has 2 aliphatic heterocycles. The van der Waals surface area contributed by atoms with Gasteiger partial charge in [-0.15, -0.1) is 0 Å². The molecule has 2 N–H and O–H groups in total. The summed E-state index contributed by atoms with van der Waals surface area (Å²) in [5, 5.41) is 6.42. The fraction of sp³-hybridized carbons (Fsp3) is 0.625. The standard InChI is InChI=1S/C16H23ClN4O3S/c17-13-7-14(10-18-9-13)25(23,24)21-6-2-3-12(11-21)8-20-16(22)15-4-1-5-19-15/h7,9-10,12,15,19H,1-6,8,11H2,(H,20,22). The largest absolute Gasteiger partial charge is 0.354 e. The maximum Gasteiger partial charge on any atom is 0.244 e. The quantitative estimate of drug-likeness (QED) is 0.787. The Morgan fingerprint density at radius 1 is 1.36 bits per heavy atom. The number of hydrogen-bond acceptors (Lipinski definition) is 5. The number of rotatable bonds is 5. The summed E-state index contributed by atoms with van der Waals surface area (Å²) in [6.07, 6.45) is 6.28. The summed E-state index contributed by atoms with van der Waals surface area (Å²) in [4.78, 5) is 16.1. The van der Waals surface area contributed by atoms with Gasteiger partial charge in [0.15, 0.2) is 0 Å². The van der Waals surface area contributed by atoms with Crippen molar-refractivity contribution in [3.63, 3.8) is 0 Å². The molecule has 3 heterocycles. The minimum Gasteiger partial charge on any atom is -0.354 e. The van der Waals surface area contributed by atoms with Crippen molar-refractivity contribution in [2.24, 2.45) is 5.92 Å². The molecule has 0 bridgehead atoms. The average molecular weight is 387 g/mol. The van der Waals surface area contributed by atoms with Gasteiger partial charge >= 0.3 is 0 Å². The summed E-state index contributed by atoms with van der Waals surface area (Å²) in [7, 11) is -3.61. The minimum absolute atomic E-state index is 0.0107. The molecule has 2 fully saturated rings. The van der Waals surface area contributed by atoms with E-state index < -0.39 is 10.0 Å². The molecule has 25 heavy (non-hydrogen) atoms. The molecular weight excluding hydrogens is 364 g/mol. The molecule has 1 amide bonds. The van der Waals surface area contributed by atoms with Crippen LogP contribution in [0, 0.1) is 5.92 Å². The van der Waals surface area contributed by atoms with Crippen LogP contribution in [-0.4, -0.2) is 55.8 Å². The number of pyridine rings is 1. The zero-order chi connectivity index (χ0) is 17.9. The number of halogens is 1. The van der Waals surface area contributed by atoms with Crippen molar-refractivity contribution < 1.29 is 13.2 Å². The first-order chi connectivity index (χ1) is 12.0. The second-order valence-electron chi connectivity index (χ2n) is 6.60. The van der Waals surface area contributed by atoms with Gasteiger partial charge in [0.2, 0.25) is 15.9 Å². The Kier molecular flexibility index (Phi) is 5.93. The molecule has 1 aromatic rings. The van der Waals surface area contributed by atoms with Crippen LogP contribution in [0.1, 0.15) is 25.7 Å². The molecule has 0 spiro atoms. The van der Waals surface area contributed by atoms with Crippen LogP contribution < -0.4 is 10.6 Å². The van der Waals surface area contributed by atoms with E-state index in [9.17, 15) is 13.2 Å². The number of amides is 1. The summed E-state index contributed by atoms with van der Waals surface area (Å²) >= 11 is 5.87. The molecule has 0 radical (unpaired) electrons. The highest BCUT2D eigenvalue weighted by atomic mass is 35.5. The zero-order valence-corrected chi connectivity index (χ0v) is 15.5. The van der Waals surface area contributed by atoms with Gasteiger partial charge in [-0.2, -0.15) is 4.31 Å². The third-order valence-corrected chi connectivity index (χ3v) is 6.78. The summed E-state index contributed by atoms with van der Waals surface area (Å²) in [5.74, 6) is 0.123. The lowest BCUT2D eigenvalue weighted by atomic mass is 9.99. The van der Waals surface area contributed by atoms with Crippen LogP contribution in [0.5, 0.6) is 0 Å². The molecular formula is C16H23ClN4O3S. The monoisotopic (exact) mass is 386 g/mol. The van der Waals surface area contributed by atoms with Gasteiger partial charge < -0.3 is 10.6 Å². The molecule has 1 aromatic heterocycles. The molecule has 3 rings (SSSR count). The van der Waals surface area contributed by atoms with Crippen molar-refractivity contribution in [3.8, 4) is 0 Å². The van der Waals surface area contributed by atoms with Gasteiger partial charge in [-0.3, -0.25) is 9.78 Å². The first-order valence-electron chi connectivity index (χ1n) is 8.58. The van der Waals surface area contributed by atoms with E-state index in [1.807, 2.05) is 0 Å². The van der Waals surface area contributed by atoms with E-state index >= 15 is 0 Å². The molecule has 138 valence electrons. The Hall–Kier alpha value is -1.22. The lowest BCUT2D eigenvalue weighted by Gasteiger charge is -2.32. The smallest absolute Gasteiger partial charge is 0.244 e. The van der Waals surface area contributed by atoms with Crippen molar-refractivity contribution in [1.29, 1.82) is 0 Å². The molecule has 0 aromatic carbocycles. The Bertz CT molecular complexity index is 722. The number of carbonyl (C=O) groups is 1. The van der Waals surface area contributed by atoms with Crippen LogP contribution in [-0.2, 0) is 14.8 Å². The van der Waals surface area contributed by atoms with Crippen molar-refractivity contribution in [2.45, 2.75) is 36.6 Å². The highest BCUT2D eigenvalue weighted by Crippen LogP contribution is 2.24. The van der Waals surface area contributed by atoms with E-state index in [1.54, 1.807) is 0 Å². The van der Waals surface area contributed by atoms with Gasteiger partial charge in [0.25, 0.3) is 0 Å². The highest BCUT2D eigenvalue weighted by molar-refractivity contribution is 7.89. The average Bonchev–Trinajstić information content (AvgIpc) is 3.15. The molecule has 2 atom stereocenters. The predicted molar refractivity (Wildman–Crippen MR) is 94.8 cm³/mol. The molecule has 0 saturated carbocycles. The van der Waals surface area contributed by atoms with Crippen LogP contribution in [0.2, 0.25) is 5.02 Å². The predicted octanol–water partition coefficient (Wildman–Crippen LogP) is 1.00. The number of hydrogen-bond donors (Lipinski definition) is 2. The van der Waals surface area contributed by atoms with Crippen molar-refractivity contribution >= 4 is 27.5 Å². The molecule has 2 aliphatic rings. The molecule has 9 heteroatoms. The van der Waals surface area contributed by atoms with Gasteiger partial charge in [0.1, 0.15) is 4.90 Å². The first kappa shape index (κ1) is 18.6. The fourth-order valence-electron chi connectivity index (χ4n) is 3.37. The lowest BCUT2D eigenvalue weighted by Crippen LogP contribution is -2.46. The summed E-state index contributed by atoms with van der Waals surface area (Å²) in [6.45, 7) is 2.24. The van der Waals surface area contributed by atoms with Crippen molar-refractivity contribution in [3.05, 3.63) is 23.5 Å². The minimum atomic E-state index is -3.61. The van der Waals surface area contributed by atoms with Crippen LogP contribution in [0.4, 0.5) is 0 Å². The summed E-state index contributed by atoms with van der Waals surface area (Å²) in [6, 6.07) is 1.31. The maximum absolute atomic E-state index is 12.8. The summed E-state index contributed by atoms with van der Waals surface area (Å²) < 4.78 is 27.0. The topological polar surface area (TPSA) is 91.4 Å². The van der Waals surface area contributed by atoms with Crippen LogP contribution in [0.25, 0.3) is 0 Å². The van der Waals surface area contributed by atoms with Gasteiger partial charge in [0.05, 0.1) is 11.1 Å². The number of nitrogens with one attached hydrogen (secondary N) is 2. The molecule has 2 unspecified atom stereocenters. The van der Waals surface area contributed by atoms with Crippen LogP contribution >= 0.6 is 11.6 Å². The number of carbonyl (C=O) groups excluding carboxylic acids is 1. The van der Waals surface area contributed by atoms with Gasteiger partial charge in [-0.05, 0) is 44.2 Å². The van der Waals surface area contributed by atoms with E-state index in [4.69, 9.17) is 11.6 Å². The summed E-state index contributed by atoms with van der Waals surface area (Å²) in [5.41, 5.74) is 0. The van der Waals surface area contributed by atoms with Crippen LogP contribution in [0.15, 0.2) is 23.4 Å². The highest BCUT2D eigenvalue weighted by Gasteiger charge is 2.31. The number of nitrogens with zero attached hydrogens (tertiary/aromatic N) is 2. The van der Waals surface area contributed by atoms with Crippen molar-refractivity contribution in [1.82, 2.24) is 19.9 Å². The van der Waals surface area contributed by atoms with Crippen LogP contribution in [0.3, 0.4) is 0 Å². The van der Waals surface area contributed by atoms with Crippen molar-refractivity contribution in [2.75, 3.05) is 26.2 Å². The maximum atomic E-state index is 12.8. The van der Waals surface area contributed by atoms with E-state index in [2.05, 4.69) is 15.6 Å². The lowest BCUT2D eigenvalue weighted by molar-refractivity contribution is -0.123. The van der Waals surface area contributed by atoms with E-state index in [0.29, 0.717) is 24.7 Å².